The Kier molecular flexibility index (Phi) is 5.54. The number of hydrogen-bond donors (Lipinski definition) is 2. The first-order valence-corrected chi connectivity index (χ1v) is 5.88. The van der Waals surface area contributed by atoms with Crippen molar-refractivity contribution in [2.75, 3.05) is 13.7 Å². The highest BCUT2D eigenvalue weighted by atomic mass is 16.6. The molecule has 1 rings (SSSR count). The summed E-state index contributed by atoms with van der Waals surface area (Å²) in [6.07, 6.45) is 2.59. The number of hydrogen-bond acceptors (Lipinski definition) is 5. The maximum absolute atomic E-state index is 10.9. The number of methoxy groups -OCH3 is 1. The molecule has 0 aromatic heterocycles. The lowest BCUT2D eigenvalue weighted by atomic mass is 10.0. The molecule has 0 spiro atoms. The SMILES string of the molecule is COc1ccc([C@H](N)CCCCN)cc1[N+](=O)[O-]. The van der Waals surface area contributed by atoms with Crippen LogP contribution in [0.5, 0.6) is 5.75 Å². The number of nitrogens with zero attached hydrogens (tertiary/aromatic N) is 1. The third-order valence-corrected chi connectivity index (χ3v) is 2.80. The molecule has 6 nitrogen and oxygen atoms in total. The zero-order valence-electron chi connectivity index (χ0n) is 10.5. The average molecular weight is 253 g/mol. The van der Waals surface area contributed by atoms with E-state index in [9.17, 15) is 10.1 Å². The molecule has 0 unspecified atom stereocenters. The highest BCUT2D eigenvalue weighted by molar-refractivity contribution is 5.49. The van der Waals surface area contributed by atoms with Crippen molar-refractivity contribution in [3.8, 4) is 5.75 Å². The van der Waals surface area contributed by atoms with Gasteiger partial charge in [0.2, 0.25) is 0 Å². The van der Waals surface area contributed by atoms with Gasteiger partial charge in [0.15, 0.2) is 5.75 Å². The normalized spacial score (nSPS) is 12.2. The molecule has 4 N–H and O–H groups in total. The number of ether oxygens (including phenoxy) is 1. The van der Waals surface area contributed by atoms with Gasteiger partial charge in [-0.15, -0.1) is 0 Å². The van der Waals surface area contributed by atoms with Gasteiger partial charge in [0.05, 0.1) is 12.0 Å². The quantitative estimate of drug-likeness (QED) is 0.437. The highest BCUT2D eigenvalue weighted by Gasteiger charge is 2.17. The topological polar surface area (TPSA) is 104 Å². The molecule has 100 valence electrons. The smallest absolute Gasteiger partial charge is 0.311 e. The number of benzene rings is 1. The predicted molar refractivity (Wildman–Crippen MR) is 69.5 cm³/mol. The first-order chi connectivity index (χ1) is 8.60. The molecule has 0 saturated heterocycles. The van der Waals surface area contributed by atoms with Crippen molar-refractivity contribution in [2.45, 2.75) is 25.3 Å². The molecule has 0 amide bonds. The van der Waals surface area contributed by atoms with Gasteiger partial charge in [-0.25, -0.2) is 0 Å². The van der Waals surface area contributed by atoms with Gasteiger partial charge in [-0.1, -0.05) is 12.5 Å². The summed E-state index contributed by atoms with van der Waals surface area (Å²) in [7, 11) is 1.41. The minimum Gasteiger partial charge on any atom is -0.490 e. The third kappa shape index (κ3) is 3.68. The number of rotatable bonds is 7. The van der Waals surface area contributed by atoms with Gasteiger partial charge in [0.25, 0.3) is 0 Å². The molecular weight excluding hydrogens is 234 g/mol. The van der Waals surface area contributed by atoms with Crippen LogP contribution in [0.15, 0.2) is 18.2 Å². The van der Waals surface area contributed by atoms with E-state index in [1.54, 1.807) is 12.1 Å². The van der Waals surface area contributed by atoms with Gasteiger partial charge in [0, 0.05) is 12.1 Å². The van der Waals surface area contributed by atoms with Gasteiger partial charge < -0.3 is 16.2 Å². The zero-order valence-corrected chi connectivity index (χ0v) is 10.5. The van der Waals surface area contributed by atoms with Crippen molar-refractivity contribution in [3.63, 3.8) is 0 Å². The van der Waals surface area contributed by atoms with Crippen molar-refractivity contribution in [3.05, 3.63) is 33.9 Å². The van der Waals surface area contributed by atoms with Crippen LogP contribution in [0.1, 0.15) is 30.9 Å². The maximum Gasteiger partial charge on any atom is 0.311 e. The van der Waals surface area contributed by atoms with Crippen molar-refractivity contribution in [2.24, 2.45) is 11.5 Å². The largest absolute Gasteiger partial charge is 0.490 e. The molecule has 0 aliphatic carbocycles. The molecule has 0 radical (unpaired) electrons. The summed E-state index contributed by atoms with van der Waals surface area (Å²) in [5, 5.41) is 10.9. The van der Waals surface area contributed by atoms with Crippen molar-refractivity contribution in [1.82, 2.24) is 0 Å². The first-order valence-electron chi connectivity index (χ1n) is 5.88. The van der Waals surface area contributed by atoms with E-state index in [-0.39, 0.29) is 17.5 Å². The van der Waals surface area contributed by atoms with Crippen LogP contribution in [0.3, 0.4) is 0 Å². The van der Waals surface area contributed by atoms with Crippen LogP contribution < -0.4 is 16.2 Å². The van der Waals surface area contributed by atoms with Crippen molar-refractivity contribution < 1.29 is 9.66 Å². The van der Waals surface area contributed by atoms with E-state index in [0.717, 1.165) is 24.8 Å². The molecule has 18 heavy (non-hydrogen) atoms. The van der Waals surface area contributed by atoms with Gasteiger partial charge in [0.1, 0.15) is 0 Å². The lowest BCUT2D eigenvalue weighted by Gasteiger charge is -2.12. The van der Waals surface area contributed by atoms with Gasteiger partial charge >= 0.3 is 5.69 Å². The van der Waals surface area contributed by atoms with Crippen LogP contribution in [0.2, 0.25) is 0 Å². The summed E-state index contributed by atoms with van der Waals surface area (Å²) < 4.78 is 4.94. The number of nitrogens with two attached hydrogens (primary N) is 2. The summed E-state index contributed by atoms with van der Waals surface area (Å²) in [6.45, 7) is 0.634. The van der Waals surface area contributed by atoms with E-state index in [1.807, 2.05) is 0 Å². The maximum atomic E-state index is 10.9. The molecule has 0 aliphatic rings. The fraction of sp³-hybridized carbons (Fsp3) is 0.500. The summed E-state index contributed by atoms with van der Waals surface area (Å²) in [5.41, 5.74) is 12.1. The second kappa shape index (κ2) is 6.93. The average Bonchev–Trinajstić information content (AvgIpc) is 2.38. The molecule has 1 atom stereocenters. The Morgan fingerprint density at radius 1 is 1.44 bits per heavy atom. The lowest BCUT2D eigenvalue weighted by Crippen LogP contribution is -2.11. The third-order valence-electron chi connectivity index (χ3n) is 2.80. The molecule has 0 saturated carbocycles. The fourth-order valence-electron chi connectivity index (χ4n) is 1.76. The molecule has 1 aromatic rings. The Balaban J connectivity index is 2.83. The summed E-state index contributed by atoms with van der Waals surface area (Å²) in [5.74, 6) is 0.248. The van der Waals surface area contributed by atoms with Crippen molar-refractivity contribution >= 4 is 5.69 Å². The second-order valence-corrected chi connectivity index (χ2v) is 4.08. The molecule has 0 fully saturated rings. The van der Waals surface area contributed by atoms with Crippen LogP contribution in [0, 0.1) is 10.1 Å². The lowest BCUT2D eigenvalue weighted by molar-refractivity contribution is -0.385. The summed E-state index contributed by atoms with van der Waals surface area (Å²) >= 11 is 0. The number of unbranched alkanes of at least 4 members (excludes halogenated alkanes) is 1. The standard InChI is InChI=1S/C12H19N3O3/c1-18-12-6-5-9(8-11(12)15(16)17)10(14)4-2-3-7-13/h5-6,8,10H,2-4,7,13-14H2,1H3/t10-/m1/s1. The fourth-order valence-corrected chi connectivity index (χ4v) is 1.76. The Morgan fingerprint density at radius 2 is 2.17 bits per heavy atom. The van der Waals surface area contributed by atoms with Crippen LogP contribution in [-0.2, 0) is 0 Å². The van der Waals surface area contributed by atoms with Gasteiger partial charge in [-0.2, -0.15) is 0 Å². The molecule has 6 heteroatoms. The summed E-state index contributed by atoms with van der Waals surface area (Å²) in [6, 6.07) is 4.61. The van der Waals surface area contributed by atoms with Crippen molar-refractivity contribution in [1.29, 1.82) is 0 Å². The Morgan fingerprint density at radius 3 is 2.72 bits per heavy atom. The zero-order chi connectivity index (χ0) is 13.5. The molecule has 0 heterocycles. The number of nitro groups is 1. The summed E-state index contributed by atoms with van der Waals surface area (Å²) in [4.78, 5) is 10.4. The van der Waals surface area contributed by atoms with Crippen LogP contribution in [-0.4, -0.2) is 18.6 Å². The Labute approximate surface area is 106 Å². The Hall–Kier alpha value is -1.66. The van der Waals surface area contributed by atoms with Crippen LogP contribution >= 0.6 is 0 Å². The van der Waals surface area contributed by atoms with Crippen LogP contribution in [0.25, 0.3) is 0 Å². The minimum atomic E-state index is -0.463. The van der Waals surface area contributed by atoms with E-state index in [0.29, 0.717) is 6.54 Å². The highest BCUT2D eigenvalue weighted by Crippen LogP contribution is 2.30. The number of nitro benzene ring substituents is 1. The van der Waals surface area contributed by atoms with E-state index < -0.39 is 4.92 Å². The van der Waals surface area contributed by atoms with E-state index in [1.165, 1.54) is 13.2 Å². The van der Waals surface area contributed by atoms with E-state index in [2.05, 4.69) is 0 Å². The first kappa shape index (κ1) is 14.4. The minimum absolute atomic E-state index is 0.0516. The van der Waals surface area contributed by atoms with Gasteiger partial charge in [-0.3, -0.25) is 10.1 Å². The monoisotopic (exact) mass is 253 g/mol. The molecule has 1 aromatic carbocycles. The molecular formula is C12H19N3O3. The second-order valence-electron chi connectivity index (χ2n) is 4.08. The Bertz CT molecular complexity index is 410. The molecule has 0 aliphatic heterocycles. The molecule has 0 bridgehead atoms. The van der Waals surface area contributed by atoms with Gasteiger partial charge in [-0.05, 0) is 31.0 Å². The van der Waals surface area contributed by atoms with E-state index in [4.69, 9.17) is 16.2 Å². The predicted octanol–water partition coefficient (Wildman–Crippen LogP) is 1.73. The van der Waals surface area contributed by atoms with Crippen LogP contribution in [0.4, 0.5) is 5.69 Å². The van der Waals surface area contributed by atoms with E-state index >= 15 is 0 Å².